The van der Waals surface area contributed by atoms with Gasteiger partial charge in [0.2, 0.25) is 0 Å². The first-order valence-corrected chi connectivity index (χ1v) is 12.0. The predicted octanol–water partition coefficient (Wildman–Crippen LogP) is -0.519. The molecule has 0 radical (unpaired) electrons. The second-order valence-electron chi connectivity index (χ2n) is 5.88. The second kappa shape index (κ2) is 8.42. The van der Waals surface area contributed by atoms with Gasteiger partial charge in [-0.3, -0.25) is 9.09 Å². The zero-order valence-corrected chi connectivity index (χ0v) is 16.6. The van der Waals surface area contributed by atoms with Gasteiger partial charge in [0.15, 0.2) is 0 Å². The normalized spacial score (nSPS) is 27.2. The van der Waals surface area contributed by atoms with Gasteiger partial charge >= 0.3 is 29.2 Å². The number of phosphoric acid groups is 3. The Balaban J connectivity index is 1.98. The standard InChI is InChI=1S/C10H18N3O12P3/c11-9-1-2-13(10(15)12-9)7-3-6(8(14)4-7)5-23-27(19,20)25-28(21,22)24-26(16,17)18/h1-2,6-8,14H,3-5H2,(H,19,20)(H,21,22)(H2,11,12,15)(H2,16,17,18)/t6-,7-,8-/m1/s1. The minimum Gasteiger partial charge on any atom is -0.393 e. The minimum atomic E-state index is -5.61. The van der Waals surface area contributed by atoms with E-state index in [1.165, 1.54) is 16.8 Å². The lowest BCUT2D eigenvalue weighted by Gasteiger charge is -2.19. The third kappa shape index (κ3) is 6.83. The summed E-state index contributed by atoms with van der Waals surface area (Å²) in [5, 5.41) is 10.1. The number of anilines is 1. The second-order valence-corrected chi connectivity index (χ2v) is 10.3. The summed E-state index contributed by atoms with van der Waals surface area (Å²) in [7, 11) is -16.4. The van der Waals surface area contributed by atoms with E-state index in [2.05, 4.69) is 18.1 Å². The van der Waals surface area contributed by atoms with Crippen LogP contribution in [0.5, 0.6) is 0 Å². The lowest BCUT2D eigenvalue weighted by Crippen LogP contribution is -2.26. The van der Waals surface area contributed by atoms with E-state index in [4.69, 9.17) is 20.4 Å². The minimum absolute atomic E-state index is 0.0176. The Morgan fingerprint density at radius 3 is 2.36 bits per heavy atom. The van der Waals surface area contributed by atoms with E-state index in [-0.39, 0.29) is 18.7 Å². The van der Waals surface area contributed by atoms with E-state index in [0.717, 1.165) is 0 Å². The van der Waals surface area contributed by atoms with Gasteiger partial charge in [-0.15, -0.1) is 0 Å². The summed E-state index contributed by atoms with van der Waals surface area (Å²) in [6.45, 7) is -0.626. The van der Waals surface area contributed by atoms with Crippen LogP contribution in [0.3, 0.4) is 0 Å². The van der Waals surface area contributed by atoms with Gasteiger partial charge in [0.05, 0.1) is 12.7 Å². The topological polar surface area (TPSA) is 241 Å². The Labute approximate surface area is 157 Å². The van der Waals surface area contributed by atoms with Crippen LogP contribution >= 0.6 is 23.5 Å². The number of hydrogen-bond acceptors (Lipinski definition) is 10. The van der Waals surface area contributed by atoms with Crippen molar-refractivity contribution in [2.24, 2.45) is 5.92 Å². The molecule has 1 aromatic rings. The fraction of sp³-hybridized carbons (Fsp3) is 0.600. The number of aliphatic hydroxyl groups is 1. The van der Waals surface area contributed by atoms with Crippen molar-refractivity contribution < 1.29 is 51.5 Å². The first kappa shape index (κ1) is 23.3. The smallest absolute Gasteiger partial charge is 0.393 e. The summed E-state index contributed by atoms with van der Waals surface area (Å²) in [6, 6.07) is 0.873. The number of aliphatic hydroxyl groups excluding tert-OH is 1. The molecular formula is C10H18N3O12P3. The summed E-state index contributed by atoms with van der Waals surface area (Å²) >= 11 is 0. The van der Waals surface area contributed by atoms with Gasteiger partial charge in [-0.1, -0.05) is 0 Å². The number of aromatic nitrogens is 2. The Morgan fingerprint density at radius 1 is 1.14 bits per heavy atom. The van der Waals surface area contributed by atoms with E-state index < -0.39 is 53.8 Å². The van der Waals surface area contributed by atoms with Crippen molar-refractivity contribution in [3.63, 3.8) is 0 Å². The molecule has 1 fully saturated rings. The average Bonchev–Trinajstić information content (AvgIpc) is 2.82. The van der Waals surface area contributed by atoms with E-state index in [9.17, 15) is 28.5 Å². The van der Waals surface area contributed by atoms with Crippen LogP contribution in [0.4, 0.5) is 5.82 Å². The van der Waals surface area contributed by atoms with Gasteiger partial charge in [0.1, 0.15) is 5.82 Å². The van der Waals surface area contributed by atoms with Crippen molar-refractivity contribution in [1.29, 1.82) is 0 Å². The summed E-state index contributed by atoms with van der Waals surface area (Å²) in [5.41, 5.74) is 4.75. The molecule has 1 aliphatic carbocycles. The molecule has 28 heavy (non-hydrogen) atoms. The van der Waals surface area contributed by atoms with E-state index in [1.807, 2.05) is 0 Å². The predicted molar refractivity (Wildman–Crippen MR) is 90.5 cm³/mol. The molecule has 0 aliphatic heterocycles. The van der Waals surface area contributed by atoms with Crippen LogP contribution in [0.2, 0.25) is 0 Å². The molecule has 0 spiro atoms. The lowest BCUT2D eigenvalue weighted by molar-refractivity contribution is 0.0834. The molecule has 2 rings (SSSR count). The molecule has 2 unspecified atom stereocenters. The zero-order valence-electron chi connectivity index (χ0n) is 13.9. The van der Waals surface area contributed by atoms with Gasteiger partial charge in [-0.25, -0.2) is 18.5 Å². The van der Waals surface area contributed by atoms with Gasteiger partial charge in [0, 0.05) is 18.2 Å². The first-order chi connectivity index (χ1) is 12.7. The van der Waals surface area contributed by atoms with Gasteiger partial charge in [-0.2, -0.15) is 13.6 Å². The molecule has 1 aliphatic rings. The molecule has 5 atom stereocenters. The maximum absolute atomic E-state index is 11.8. The van der Waals surface area contributed by atoms with Crippen LogP contribution in [0.15, 0.2) is 17.1 Å². The molecule has 1 heterocycles. The fourth-order valence-electron chi connectivity index (χ4n) is 2.68. The van der Waals surface area contributed by atoms with E-state index in [1.54, 1.807) is 0 Å². The highest BCUT2D eigenvalue weighted by Gasteiger charge is 2.42. The highest BCUT2D eigenvalue weighted by molar-refractivity contribution is 7.66. The van der Waals surface area contributed by atoms with Gasteiger partial charge in [0.25, 0.3) is 0 Å². The summed E-state index contributed by atoms with van der Waals surface area (Å²) in [5.74, 6) is -0.747. The number of nitrogens with zero attached hydrogens (tertiary/aromatic N) is 2. The molecular weight excluding hydrogens is 447 g/mol. The molecule has 0 amide bonds. The van der Waals surface area contributed by atoms with E-state index >= 15 is 0 Å². The summed E-state index contributed by atoms with van der Waals surface area (Å²) in [6.07, 6.45) is 0.548. The Morgan fingerprint density at radius 2 is 1.79 bits per heavy atom. The molecule has 18 heteroatoms. The number of rotatable bonds is 8. The maximum Gasteiger partial charge on any atom is 0.490 e. The van der Waals surface area contributed by atoms with Crippen molar-refractivity contribution in [3.8, 4) is 0 Å². The third-order valence-electron chi connectivity index (χ3n) is 3.75. The van der Waals surface area contributed by atoms with E-state index in [0.29, 0.717) is 0 Å². The van der Waals surface area contributed by atoms with Crippen LogP contribution in [-0.2, 0) is 26.8 Å². The molecule has 7 N–H and O–H groups in total. The van der Waals surface area contributed by atoms with Crippen molar-refractivity contribution in [3.05, 3.63) is 22.7 Å². The molecule has 0 bridgehead atoms. The monoisotopic (exact) mass is 465 g/mol. The van der Waals surface area contributed by atoms with Crippen LogP contribution in [0.1, 0.15) is 18.9 Å². The lowest BCUT2D eigenvalue weighted by atomic mass is 10.1. The van der Waals surface area contributed by atoms with Crippen LogP contribution in [0, 0.1) is 5.92 Å². The molecule has 1 saturated carbocycles. The largest absolute Gasteiger partial charge is 0.490 e. The third-order valence-corrected chi connectivity index (χ3v) is 7.55. The van der Waals surface area contributed by atoms with Crippen LogP contribution < -0.4 is 11.4 Å². The molecule has 15 nitrogen and oxygen atoms in total. The number of phosphoric ester groups is 1. The fourth-order valence-corrected chi connectivity index (χ4v) is 5.75. The van der Waals surface area contributed by atoms with Crippen molar-refractivity contribution in [2.45, 2.75) is 25.0 Å². The highest BCUT2D eigenvalue weighted by Crippen LogP contribution is 2.66. The van der Waals surface area contributed by atoms with Crippen LogP contribution in [0.25, 0.3) is 0 Å². The molecule has 0 saturated heterocycles. The molecule has 1 aromatic heterocycles. The van der Waals surface area contributed by atoms with Crippen molar-refractivity contribution >= 4 is 29.3 Å². The van der Waals surface area contributed by atoms with Crippen LogP contribution in [-0.4, -0.2) is 46.9 Å². The Hall–Kier alpha value is -0.950. The summed E-state index contributed by atoms with van der Waals surface area (Å²) in [4.78, 5) is 50.8. The molecule has 160 valence electrons. The molecule has 0 aromatic carbocycles. The maximum atomic E-state index is 11.8. The summed E-state index contributed by atoms with van der Waals surface area (Å²) < 4.78 is 46.4. The first-order valence-electron chi connectivity index (χ1n) is 7.48. The van der Waals surface area contributed by atoms with Gasteiger partial charge < -0.3 is 30.4 Å². The SMILES string of the molecule is Nc1ccn([C@@H]2C[C@H](COP(=O)(O)OP(=O)(O)OP(=O)(O)O)[C@H](O)C2)c(=O)n1. The van der Waals surface area contributed by atoms with Crippen molar-refractivity contribution in [1.82, 2.24) is 9.55 Å². The number of hydrogen-bond donors (Lipinski definition) is 6. The number of nitrogen functional groups attached to an aromatic ring is 1. The Kier molecular flexibility index (Phi) is 7.02. The van der Waals surface area contributed by atoms with Crippen molar-refractivity contribution in [2.75, 3.05) is 12.3 Å². The van der Waals surface area contributed by atoms with Gasteiger partial charge in [-0.05, 0) is 18.9 Å². The zero-order chi connectivity index (χ0) is 21.3. The number of nitrogens with two attached hydrogens (primary N) is 1. The Bertz CT molecular complexity index is 914. The average molecular weight is 465 g/mol. The quantitative estimate of drug-likeness (QED) is 0.265. The highest BCUT2D eigenvalue weighted by atomic mass is 31.3.